The smallest absolute Gasteiger partial charge is 0.146 e. The second-order valence-electron chi connectivity index (χ2n) is 5.42. The maximum atomic E-state index is 11.6. The van der Waals surface area contributed by atoms with Crippen molar-refractivity contribution in [2.75, 3.05) is 20.1 Å². The molecule has 15 heavy (non-hydrogen) atoms. The minimum absolute atomic E-state index is 0.388. The first kappa shape index (κ1) is 14.6. The van der Waals surface area contributed by atoms with Crippen molar-refractivity contribution in [3.63, 3.8) is 0 Å². The van der Waals surface area contributed by atoms with Crippen LogP contribution >= 0.6 is 0 Å². The van der Waals surface area contributed by atoms with E-state index in [1.54, 1.807) is 0 Å². The molecule has 0 atom stereocenters. The number of ketones is 1. The molecule has 0 saturated heterocycles. The number of carbonyl (C=O) groups is 1. The van der Waals surface area contributed by atoms with E-state index in [9.17, 15) is 4.79 Å². The molecule has 90 valence electrons. The minimum atomic E-state index is 0.388. The minimum Gasteiger partial charge on any atom is -0.299 e. The Kier molecular flexibility index (Phi) is 7.67. The summed E-state index contributed by atoms with van der Waals surface area (Å²) in [4.78, 5) is 13.7. The Labute approximate surface area is 95.0 Å². The van der Waals surface area contributed by atoms with Crippen LogP contribution in [-0.4, -0.2) is 30.8 Å². The Balaban J connectivity index is 3.55. The molecule has 0 fully saturated rings. The molecule has 0 aromatic rings. The fourth-order valence-electron chi connectivity index (χ4n) is 1.78. The van der Waals surface area contributed by atoms with Gasteiger partial charge >= 0.3 is 0 Å². The molecule has 0 spiro atoms. The van der Waals surface area contributed by atoms with Crippen molar-refractivity contribution in [2.24, 2.45) is 11.8 Å². The Morgan fingerprint density at radius 3 is 2.20 bits per heavy atom. The zero-order valence-electron chi connectivity index (χ0n) is 11.0. The topological polar surface area (TPSA) is 20.3 Å². The number of likely N-dealkylation sites (N-methyl/N-ethyl adjacent to an activating group) is 1. The van der Waals surface area contributed by atoms with E-state index in [0.29, 0.717) is 24.2 Å². The van der Waals surface area contributed by atoms with Gasteiger partial charge in [0.2, 0.25) is 0 Å². The predicted molar refractivity (Wildman–Crippen MR) is 66.0 cm³/mol. The highest BCUT2D eigenvalue weighted by atomic mass is 16.1. The van der Waals surface area contributed by atoms with Crippen molar-refractivity contribution in [1.29, 1.82) is 0 Å². The van der Waals surface area contributed by atoms with Crippen molar-refractivity contribution in [2.45, 2.75) is 47.0 Å². The van der Waals surface area contributed by atoms with Crippen molar-refractivity contribution in [3.8, 4) is 0 Å². The zero-order valence-corrected chi connectivity index (χ0v) is 11.0. The highest BCUT2D eigenvalue weighted by Gasteiger charge is 2.08. The molecule has 0 aliphatic heterocycles. The van der Waals surface area contributed by atoms with Crippen LogP contribution < -0.4 is 0 Å². The second kappa shape index (κ2) is 7.86. The monoisotopic (exact) mass is 213 g/mol. The third-order valence-electron chi connectivity index (χ3n) is 2.36. The molecule has 0 amide bonds. The predicted octanol–water partition coefficient (Wildman–Crippen LogP) is 2.97. The Morgan fingerprint density at radius 2 is 1.73 bits per heavy atom. The summed E-state index contributed by atoms with van der Waals surface area (Å²) < 4.78 is 0. The highest BCUT2D eigenvalue weighted by molar-refractivity contribution is 5.80. The van der Waals surface area contributed by atoms with E-state index in [1.807, 2.05) is 7.05 Å². The van der Waals surface area contributed by atoms with E-state index < -0.39 is 0 Å². The summed E-state index contributed by atoms with van der Waals surface area (Å²) in [6, 6.07) is 0. The quantitative estimate of drug-likeness (QED) is 0.618. The molecule has 0 aromatic heterocycles. The molecule has 0 bridgehead atoms. The third kappa shape index (κ3) is 9.92. The van der Waals surface area contributed by atoms with E-state index in [1.165, 1.54) is 6.42 Å². The standard InChI is InChI=1S/C13H27NO/c1-11(2)7-6-8-13(15)10-14(5)9-12(3)4/h11-12H,6-10H2,1-5H3. The van der Waals surface area contributed by atoms with Crippen LogP contribution in [0, 0.1) is 11.8 Å². The normalized spacial score (nSPS) is 11.7. The molecule has 0 rings (SSSR count). The molecular weight excluding hydrogens is 186 g/mol. The Morgan fingerprint density at radius 1 is 1.13 bits per heavy atom. The number of hydrogen-bond acceptors (Lipinski definition) is 2. The van der Waals surface area contributed by atoms with Crippen LogP contribution in [0.5, 0.6) is 0 Å². The first-order valence-corrected chi connectivity index (χ1v) is 6.12. The van der Waals surface area contributed by atoms with E-state index in [0.717, 1.165) is 19.4 Å². The van der Waals surface area contributed by atoms with Gasteiger partial charge in [-0.1, -0.05) is 34.1 Å². The zero-order chi connectivity index (χ0) is 11.8. The van der Waals surface area contributed by atoms with Gasteiger partial charge in [0.15, 0.2) is 0 Å². The van der Waals surface area contributed by atoms with Crippen molar-refractivity contribution in [1.82, 2.24) is 4.90 Å². The molecule has 0 aromatic carbocycles. The summed E-state index contributed by atoms with van der Waals surface area (Å²) in [7, 11) is 2.03. The van der Waals surface area contributed by atoms with Gasteiger partial charge in [-0.2, -0.15) is 0 Å². The maximum Gasteiger partial charge on any atom is 0.146 e. The third-order valence-corrected chi connectivity index (χ3v) is 2.36. The molecule has 0 unspecified atom stereocenters. The number of Topliss-reactive ketones (excluding diaryl/α,β-unsaturated/α-hetero) is 1. The molecule has 0 N–H and O–H groups in total. The number of carbonyl (C=O) groups excluding carboxylic acids is 1. The largest absolute Gasteiger partial charge is 0.299 e. The van der Waals surface area contributed by atoms with Gasteiger partial charge in [0.1, 0.15) is 5.78 Å². The van der Waals surface area contributed by atoms with Crippen LogP contribution in [-0.2, 0) is 4.79 Å². The maximum absolute atomic E-state index is 11.6. The Bertz CT molecular complexity index is 175. The summed E-state index contributed by atoms with van der Waals surface area (Å²) >= 11 is 0. The lowest BCUT2D eigenvalue weighted by Gasteiger charge is -2.17. The van der Waals surface area contributed by atoms with E-state index >= 15 is 0 Å². The number of hydrogen-bond donors (Lipinski definition) is 0. The second-order valence-corrected chi connectivity index (χ2v) is 5.42. The molecule has 0 aliphatic carbocycles. The summed E-state index contributed by atoms with van der Waals surface area (Å²) in [5, 5.41) is 0. The van der Waals surface area contributed by atoms with Crippen LogP contribution in [0.1, 0.15) is 47.0 Å². The first-order chi connectivity index (χ1) is 6.91. The van der Waals surface area contributed by atoms with Crippen LogP contribution in [0.4, 0.5) is 0 Å². The molecule has 0 radical (unpaired) electrons. The van der Waals surface area contributed by atoms with E-state index in [2.05, 4.69) is 32.6 Å². The lowest BCUT2D eigenvalue weighted by Crippen LogP contribution is -2.29. The Hall–Kier alpha value is -0.370. The van der Waals surface area contributed by atoms with Gasteiger partial charge in [0.25, 0.3) is 0 Å². The first-order valence-electron chi connectivity index (χ1n) is 6.12. The van der Waals surface area contributed by atoms with Gasteiger partial charge < -0.3 is 0 Å². The summed E-state index contributed by atoms with van der Waals surface area (Å²) in [5.41, 5.74) is 0. The SMILES string of the molecule is CC(C)CCCC(=O)CN(C)CC(C)C. The molecule has 2 heteroatoms. The van der Waals surface area contributed by atoms with E-state index in [-0.39, 0.29) is 0 Å². The van der Waals surface area contributed by atoms with Gasteiger partial charge in [-0.05, 0) is 25.3 Å². The average Bonchev–Trinajstić information content (AvgIpc) is 2.00. The summed E-state index contributed by atoms with van der Waals surface area (Å²) in [6.07, 6.45) is 2.96. The number of nitrogens with zero attached hydrogens (tertiary/aromatic N) is 1. The van der Waals surface area contributed by atoms with Gasteiger partial charge in [-0.15, -0.1) is 0 Å². The molecule has 0 aliphatic rings. The molecule has 0 saturated carbocycles. The van der Waals surface area contributed by atoms with Gasteiger partial charge in [0, 0.05) is 13.0 Å². The summed E-state index contributed by atoms with van der Waals surface area (Å²) in [6.45, 7) is 10.4. The van der Waals surface area contributed by atoms with Crippen molar-refractivity contribution >= 4 is 5.78 Å². The van der Waals surface area contributed by atoms with Crippen molar-refractivity contribution in [3.05, 3.63) is 0 Å². The van der Waals surface area contributed by atoms with Gasteiger partial charge in [-0.25, -0.2) is 0 Å². The molecule has 0 heterocycles. The van der Waals surface area contributed by atoms with E-state index in [4.69, 9.17) is 0 Å². The average molecular weight is 213 g/mol. The lowest BCUT2D eigenvalue weighted by atomic mass is 10.0. The lowest BCUT2D eigenvalue weighted by molar-refractivity contribution is -0.120. The summed E-state index contributed by atoms with van der Waals surface area (Å²) in [5.74, 6) is 1.74. The van der Waals surface area contributed by atoms with Crippen molar-refractivity contribution < 1.29 is 4.79 Å². The number of rotatable bonds is 8. The molecular formula is C13H27NO. The van der Waals surface area contributed by atoms with Gasteiger partial charge in [0.05, 0.1) is 6.54 Å². The highest BCUT2D eigenvalue weighted by Crippen LogP contribution is 2.07. The van der Waals surface area contributed by atoms with Crippen LogP contribution in [0.15, 0.2) is 0 Å². The van der Waals surface area contributed by atoms with Crippen LogP contribution in [0.3, 0.4) is 0 Å². The fraction of sp³-hybridized carbons (Fsp3) is 0.923. The van der Waals surface area contributed by atoms with Crippen LogP contribution in [0.25, 0.3) is 0 Å². The fourth-order valence-corrected chi connectivity index (χ4v) is 1.78. The van der Waals surface area contributed by atoms with Crippen LogP contribution in [0.2, 0.25) is 0 Å². The van der Waals surface area contributed by atoms with Gasteiger partial charge in [-0.3, -0.25) is 9.69 Å². The molecule has 2 nitrogen and oxygen atoms in total.